The van der Waals surface area contributed by atoms with Crippen molar-refractivity contribution in [1.29, 1.82) is 0 Å². The Labute approximate surface area is 101 Å². The third-order valence-electron chi connectivity index (χ3n) is 3.87. The first-order valence-electron chi connectivity index (χ1n) is 6.29. The van der Waals surface area contributed by atoms with Crippen molar-refractivity contribution in [3.05, 3.63) is 29.3 Å². The van der Waals surface area contributed by atoms with Crippen LogP contribution in [0.2, 0.25) is 0 Å². The molecule has 1 fully saturated rings. The van der Waals surface area contributed by atoms with Crippen molar-refractivity contribution in [3.8, 4) is 5.75 Å². The Morgan fingerprint density at radius 1 is 1.29 bits per heavy atom. The normalized spacial score (nSPS) is 21.2. The Bertz CT molecular complexity index is 410. The number of hydrogen-bond acceptors (Lipinski definition) is 3. The lowest BCUT2D eigenvalue weighted by molar-refractivity contribution is -0.0701. The summed E-state index contributed by atoms with van der Waals surface area (Å²) >= 11 is 0. The lowest BCUT2D eigenvalue weighted by Crippen LogP contribution is -2.47. The Balaban J connectivity index is 1.92. The van der Waals surface area contributed by atoms with Gasteiger partial charge in [0.2, 0.25) is 0 Å². The summed E-state index contributed by atoms with van der Waals surface area (Å²) in [5, 5.41) is 9.19. The Hall–Kier alpha value is -1.06. The monoisotopic (exact) mass is 234 g/mol. The van der Waals surface area contributed by atoms with E-state index >= 15 is 0 Å². The smallest absolute Gasteiger partial charge is 0.122 e. The van der Waals surface area contributed by atoms with Gasteiger partial charge in [-0.3, -0.25) is 0 Å². The van der Waals surface area contributed by atoms with Crippen LogP contribution in [0.1, 0.15) is 24.0 Å². The van der Waals surface area contributed by atoms with Crippen LogP contribution in [0.25, 0.3) is 0 Å². The number of aryl methyl sites for hydroxylation is 1. The predicted molar refractivity (Wildman–Crippen MR) is 64.5 cm³/mol. The van der Waals surface area contributed by atoms with Crippen LogP contribution in [0, 0.1) is 0 Å². The van der Waals surface area contributed by atoms with Crippen LogP contribution in [-0.2, 0) is 16.6 Å². The zero-order valence-corrected chi connectivity index (χ0v) is 9.95. The standard InChI is InChI=1S/C14H18O3/c15-6-5-14(9-16-10-14)12-3-4-13-11(8-12)2-1-7-17-13/h3-4,8,15H,1-2,5-7,9-10H2. The summed E-state index contributed by atoms with van der Waals surface area (Å²) in [6, 6.07) is 6.44. The first-order chi connectivity index (χ1) is 8.34. The summed E-state index contributed by atoms with van der Waals surface area (Å²) in [5.41, 5.74) is 2.64. The van der Waals surface area contributed by atoms with Crippen molar-refractivity contribution in [2.75, 3.05) is 26.4 Å². The lowest BCUT2D eigenvalue weighted by atomic mass is 9.75. The second-order valence-electron chi connectivity index (χ2n) is 5.02. The number of ether oxygens (including phenoxy) is 2. The van der Waals surface area contributed by atoms with Crippen molar-refractivity contribution in [1.82, 2.24) is 0 Å². The van der Waals surface area contributed by atoms with Gasteiger partial charge in [0.15, 0.2) is 0 Å². The van der Waals surface area contributed by atoms with E-state index in [1.807, 2.05) is 0 Å². The molecule has 0 aromatic heterocycles. The van der Waals surface area contributed by atoms with Crippen LogP contribution in [-0.4, -0.2) is 31.5 Å². The fraction of sp³-hybridized carbons (Fsp3) is 0.571. The Kier molecular flexibility index (Phi) is 2.81. The second-order valence-corrected chi connectivity index (χ2v) is 5.02. The fourth-order valence-electron chi connectivity index (χ4n) is 2.71. The SMILES string of the molecule is OCCC1(c2ccc3c(c2)CCCO3)COC1. The zero-order valence-electron chi connectivity index (χ0n) is 9.95. The first kappa shape index (κ1) is 11.1. The molecule has 17 heavy (non-hydrogen) atoms. The molecule has 2 heterocycles. The van der Waals surface area contributed by atoms with Crippen molar-refractivity contribution in [2.45, 2.75) is 24.7 Å². The molecular formula is C14H18O3. The molecule has 92 valence electrons. The highest BCUT2D eigenvalue weighted by atomic mass is 16.5. The number of benzene rings is 1. The molecule has 0 aliphatic carbocycles. The van der Waals surface area contributed by atoms with Crippen LogP contribution < -0.4 is 4.74 Å². The molecule has 1 aromatic carbocycles. The molecule has 0 spiro atoms. The molecule has 0 saturated carbocycles. The highest BCUT2D eigenvalue weighted by molar-refractivity contribution is 5.42. The van der Waals surface area contributed by atoms with Gasteiger partial charge in [-0.15, -0.1) is 0 Å². The van der Waals surface area contributed by atoms with Gasteiger partial charge in [0.1, 0.15) is 5.75 Å². The molecular weight excluding hydrogens is 216 g/mol. The van der Waals surface area contributed by atoms with E-state index in [4.69, 9.17) is 9.47 Å². The molecule has 3 rings (SSSR count). The van der Waals surface area contributed by atoms with Crippen molar-refractivity contribution >= 4 is 0 Å². The average Bonchev–Trinajstić information content (AvgIpc) is 2.33. The summed E-state index contributed by atoms with van der Waals surface area (Å²) in [6.45, 7) is 2.51. The van der Waals surface area contributed by atoms with Gasteiger partial charge in [0, 0.05) is 12.0 Å². The molecule has 3 heteroatoms. The number of rotatable bonds is 3. The van der Waals surface area contributed by atoms with Crippen molar-refractivity contribution in [3.63, 3.8) is 0 Å². The van der Waals surface area contributed by atoms with Gasteiger partial charge >= 0.3 is 0 Å². The van der Waals surface area contributed by atoms with Gasteiger partial charge in [-0.05, 0) is 36.5 Å². The minimum absolute atomic E-state index is 0.0429. The maximum Gasteiger partial charge on any atom is 0.122 e. The van der Waals surface area contributed by atoms with Gasteiger partial charge in [0.25, 0.3) is 0 Å². The van der Waals surface area contributed by atoms with Gasteiger partial charge in [-0.25, -0.2) is 0 Å². The van der Waals surface area contributed by atoms with Crippen LogP contribution in [0.4, 0.5) is 0 Å². The highest BCUT2D eigenvalue weighted by Gasteiger charge is 2.40. The maximum atomic E-state index is 9.19. The van der Waals surface area contributed by atoms with Gasteiger partial charge < -0.3 is 14.6 Å². The quantitative estimate of drug-likeness (QED) is 0.864. The molecule has 2 aliphatic rings. The molecule has 0 amide bonds. The predicted octanol–water partition coefficient (Wildman–Crippen LogP) is 1.66. The second kappa shape index (κ2) is 4.31. The van der Waals surface area contributed by atoms with Gasteiger partial charge in [0.05, 0.1) is 19.8 Å². The average molecular weight is 234 g/mol. The van der Waals surface area contributed by atoms with E-state index in [1.54, 1.807) is 0 Å². The summed E-state index contributed by atoms with van der Waals surface area (Å²) in [4.78, 5) is 0. The number of hydrogen-bond donors (Lipinski definition) is 1. The van der Waals surface area contributed by atoms with E-state index in [1.165, 1.54) is 11.1 Å². The summed E-state index contributed by atoms with van der Waals surface area (Å²) in [5.74, 6) is 1.03. The minimum atomic E-state index is 0.0429. The van der Waals surface area contributed by atoms with Gasteiger partial charge in [-0.1, -0.05) is 12.1 Å². The number of aliphatic hydroxyl groups is 1. The van der Waals surface area contributed by atoms with E-state index < -0.39 is 0 Å². The van der Waals surface area contributed by atoms with Crippen LogP contribution in [0.3, 0.4) is 0 Å². The number of fused-ring (bicyclic) bond motifs is 1. The first-order valence-corrected chi connectivity index (χ1v) is 6.29. The Morgan fingerprint density at radius 2 is 2.18 bits per heavy atom. The van der Waals surface area contributed by atoms with E-state index in [2.05, 4.69) is 18.2 Å². The van der Waals surface area contributed by atoms with E-state index in [-0.39, 0.29) is 12.0 Å². The third kappa shape index (κ3) is 1.83. The van der Waals surface area contributed by atoms with Crippen LogP contribution in [0.15, 0.2) is 18.2 Å². The summed E-state index contributed by atoms with van der Waals surface area (Å²) in [7, 11) is 0. The zero-order chi connectivity index (χ0) is 11.7. The summed E-state index contributed by atoms with van der Waals surface area (Å²) < 4.78 is 11.0. The van der Waals surface area contributed by atoms with Crippen LogP contribution in [0.5, 0.6) is 5.75 Å². The summed E-state index contributed by atoms with van der Waals surface area (Å²) in [6.07, 6.45) is 2.98. The van der Waals surface area contributed by atoms with Crippen molar-refractivity contribution in [2.24, 2.45) is 0 Å². The molecule has 3 nitrogen and oxygen atoms in total. The van der Waals surface area contributed by atoms with Gasteiger partial charge in [-0.2, -0.15) is 0 Å². The Morgan fingerprint density at radius 3 is 2.88 bits per heavy atom. The molecule has 2 aliphatic heterocycles. The molecule has 1 saturated heterocycles. The fourth-order valence-corrected chi connectivity index (χ4v) is 2.71. The minimum Gasteiger partial charge on any atom is -0.493 e. The van der Waals surface area contributed by atoms with E-state index in [9.17, 15) is 5.11 Å². The molecule has 0 atom stereocenters. The van der Waals surface area contributed by atoms with Crippen LogP contribution >= 0.6 is 0 Å². The largest absolute Gasteiger partial charge is 0.493 e. The van der Waals surface area contributed by atoms with E-state index in [0.29, 0.717) is 0 Å². The molecule has 0 radical (unpaired) electrons. The molecule has 0 unspecified atom stereocenters. The van der Waals surface area contributed by atoms with Crippen molar-refractivity contribution < 1.29 is 14.6 Å². The molecule has 1 N–H and O–H groups in total. The third-order valence-corrected chi connectivity index (χ3v) is 3.87. The van der Waals surface area contributed by atoms with E-state index in [0.717, 1.165) is 44.8 Å². The maximum absolute atomic E-state index is 9.19. The highest BCUT2D eigenvalue weighted by Crippen LogP contribution is 2.38. The lowest BCUT2D eigenvalue weighted by Gasteiger charge is -2.42. The molecule has 1 aromatic rings. The topological polar surface area (TPSA) is 38.7 Å². The number of aliphatic hydroxyl groups excluding tert-OH is 1. The molecule has 0 bridgehead atoms.